The van der Waals surface area contributed by atoms with Gasteiger partial charge in [-0.1, -0.05) is 11.6 Å². The van der Waals surface area contributed by atoms with E-state index in [4.69, 9.17) is 17.4 Å². The van der Waals surface area contributed by atoms with Crippen molar-refractivity contribution in [1.29, 1.82) is 0 Å². The molecule has 0 amide bonds. The molecule has 0 saturated carbocycles. The van der Waals surface area contributed by atoms with Crippen LogP contribution in [0.5, 0.6) is 0 Å². The highest BCUT2D eigenvalue weighted by Gasteiger charge is 2.18. The lowest BCUT2D eigenvalue weighted by molar-refractivity contribution is 0.549. The van der Waals surface area contributed by atoms with Crippen LogP contribution in [-0.2, 0) is 13.5 Å². The minimum Gasteiger partial charge on any atom is -0.271 e. The summed E-state index contributed by atoms with van der Waals surface area (Å²) in [4.78, 5) is 4.15. The number of nitrogens with two attached hydrogens (primary N) is 1. The van der Waals surface area contributed by atoms with Crippen molar-refractivity contribution < 1.29 is 0 Å². The zero-order chi connectivity index (χ0) is 14.0. The van der Waals surface area contributed by atoms with Crippen LogP contribution >= 0.6 is 27.5 Å². The van der Waals surface area contributed by atoms with Crippen LogP contribution in [-0.4, -0.2) is 14.8 Å². The summed E-state index contributed by atoms with van der Waals surface area (Å²) in [6.07, 6.45) is 4.18. The number of rotatable bonds is 4. The van der Waals surface area contributed by atoms with Crippen LogP contribution in [0.1, 0.15) is 22.9 Å². The second-order valence-corrected chi connectivity index (χ2v) is 5.61. The number of hydrogen-bond donors (Lipinski definition) is 2. The van der Waals surface area contributed by atoms with E-state index in [1.54, 1.807) is 17.1 Å². The fourth-order valence-electron chi connectivity index (χ4n) is 2.00. The minimum absolute atomic E-state index is 0.0644. The van der Waals surface area contributed by atoms with Gasteiger partial charge in [-0.25, -0.2) is 0 Å². The standard InChI is InChI=1S/C12H15BrClN5/c1-7-10(12(14)19(2)18-7)4-11(17-15)8-3-9(13)6-16-5-8/h3,5-6,11,17H,4,15H2,1-2H3. The first-order valence-corrected chi connectivity index (χ1v) is 6.94. The summed E-state index contributed by atoms with van der Waals surface area (Å²) < 4.78 is 2.58. The Kier molecular flexibility index (Phi) is 4.57. The van der Waals surface area contributed by atoms with Gasteiger partial charge in [-0.3, -0.25) is 20.9 Å². The van der Waals surface area contributed by atoms with Gasteiger partial charge >= 0.3 is 0 Å². The van der Waals surface area contributed by atoms with Crippen molar-refractivity contribution in [2.24, 2.45) is 12.9 Å². The Morgan fingerprint density at radius 1 is 1.53 bits per heavy atom. The zero-order valence-corrected chi connectivity index (χ0v) is 13.0. The summed E-state index contributed by atoms with van der Waals surface area (Å²) >= 11 is 9.65. The Bertz CT molecular complexity index is 583. The van der Waals surface area contributed by atoms with Crippen molar-refractivity contribution in [3.05, 3.63) is 44.9 Å². The van der Waals surface area contributed by atoms with Crippen LogP contribution in [0.15, 0.2) is 22.9 Å². The molecule has 7 heteroatoms. The first-order valence-electron chi connectivity index (χ1n) is 5.77. The first kappa shape index (κ1) is 14.5. The summed E-state index contributed by atoms with van der Waals surface area (Å²) in [5, 5.41) is 4.94. The summed E-state index contributed by atoms with van der Waals surface area (Å²) in [6, 6.07) is 1.92. The first-order chi connectivity index (χ1) is 9.02. The van der Waals surface area contributed by atoms with Gasteiger partial charge in [0.1, 0.15) is 5.15 Å². The topological polar surface area (TPSA) is 68.8 Å². The molecule has 0 radical (unpaired) electrons. The predicted molar refractivity (Wildman–Crippen MR) is 78.7 cm³/mol. The number of pyridine rings is 1. The molecule has 102 valence electrons. The second-order valence-electron chi connectivity index (χ2n) is 4.34. The van der Waals surface area contributed by atoms with E-state index in [9.17, 15) is 0 Å². The normalized spacial score (nSPS) is 12.7. The molecule has 2 aromatic heterocycles. The number of nitrogens with zero attached hydrogens (tertiary/aromatic N) is 3. The van der Waals surface area contributed by atoms with Gasteiger partial charge in [-0.2, -0.15) is 5.10 Å². The molecule has 0 saturated heterocycles. The molecule has 0 spiro atoms. The number of aromatic nitrogens is 3. The number of halogens is 2. The Morgan fingerprint density at radius 2 is 2.26 bits per heavy atom. The lowest BCUT2D eigenvalue weighted by atomic mass is 10.0. The van der Waals surface area contributed by atoms with Gasteiger partial charge < -0.3 is 0 Å². The lowest BCUT2D eigenvalue weighted by Crippen LogP contribution is -2.29. The van der Waals surface area contributed by atoms with Crippen molar-refractivity contribution in [2.75, 3.05) is 0 Å². The largest absolute Gasteiger partial charge is 0.271 e. The molecule has 0 bridgehead atoms. The second kappa shape index (κ2) is 6.00. The Balaban J connectivity index is 2.29. The van der Waals surface area contributed by atoms with Gasteiger partial charge in [0, 0.05) is 29.5 Å². The molecule has 0 aliphatic carbocycles. The molecule has 2 aromatic rings. The fraction of sp³-hybridized carbons (Fsp3) is 0.333. The summed E-state index contributed by atoms with van der Waals surface area (Å²) in [5.74, 6) is 5.65. The van der Waals surface area contributed by atoms with Crippen molar-refractivity contribution >= 4 is 27.5 Å². The van der Waals surface area contributed by atoms with Crippen molar-refractivity contribution in [2.45, 2.75) is 19.4 Å². The Hall–Kier alpha value is -0.950. The van der Waals surface area contributed by atoms with Gasteiger partial charge in [-0.15, -0.1) is 0 Å². The third kappa shape index (κ3) is 3.14. The maximum atomic E-state index is 6.24. The van der Waals surface area contributed by atoms with E-state index in [1.165, 1.54) is 0 Å². The molecule has 0 aromatic carbocycles. The molecular formula is C12H15BrClN5. The monoisotopic (exact) mass is 343 g/mol. The molecule has 5 nitrogen and oxygen atoms in total. The Morgan fingerprint density at radius 3 is 2.79 bits per heavy atom. The average molecular weight is 345 g/mol. The van der Waals surface area contributed by atoms with Gasteiger partial charge in [0.15, 0.2) is 0 Å². The minimum atomic E-state index is -0.0644. The van der Waals surface area contributed by atoms with E-state index >= 15 is 0 Å². The van der Waals surface area contributed by atoms with Crippen LogP contribution in [0.4, 0.5) is 0 Å². The van der Waals surface area contributed by atoms with Crippen molar-refractivity contribution in [3.63, 3.8) is 0 Å². The quantitative estimate of drug-likeness (QED) is 0.659. The average Bonchev–Trinajstić information content (AvgIpc) is 2.61. The highest BCUT2D eigenvalue weighted by Crippen LogP contribution is 2.26. The fourth-order valence-corrected chi connectivity index (χ4v) is 2.64. The van der Waals surface area contributed by atoms with Gasteiger partial charge in [0.2, 0.25) is 0 Å². The van der Waals surface area contributed by atoms with Crippen LogP contribution in [0.2, 0.25) is 5.15 Å². The molecule has 3 N–H and O–H groups in total. The summed E-state index contributed by atoms with van der Waals surface area (Å²) in [5.41, 5.74) is 5.70. The highest BCUT2D eigenvalue weighted by molar-refractivity contribution is 9.10. The molecule has 1 atom stereocenters. The lowest BCUT2D eigenvalue weighted by Gasteiger charge is -2.16. The SMILES string of the molecule is Cc1nn(C)c(Cl)c1CC(NN)c1cncc(Br)c1. The third-order valence-corrected chi connectivity index (χ3v) is 3.91. The molecular weight excluding hydrogens is 330 g/mol. The van der Waals surface area contributed by atoms with E-state index in [2.05, 4.69) is 31.4 Å². The van der Waals surface area contributed by atoms with Crippen molar-refractivity contribution in [1.82, 2.24) is 20.2 Å². The molecule has 1 unspecified atom stereocenters. The highest BCUT2D eigenvalue weighted by atomic mass is 79.9. The third-order valence-electron chi connectivity index (χ3n) is 3.01. The van der Waals surface area contributed by atoms with Crippen LogP contribution in [0, 0.1) is 6.92 Å². The predicted octanol–water partition coefficient (Wildman–Crippen LogP) is 2.29. The van der Waals surface area contributed by atoms with Crippen LogP contribution in [0.3, 0.4) is 0 Å². The van der Waals surface area contributed by atoms with E-state index in [0.29, 0.717) is 11.6 Å². The zero-order valence-electron chi connectivity index (χ0n) is 10.7. The summed E-state index contributed by atoms with van der Waals surface area (Å²) in [6.45, 7) is 1.94. The number of nitrogens with one attached hydrogen (secondary N) is 1. The maximum Gasteiger partial charge on any atom is 0.130 e. The summed E-state index contributed by atoms with van der Waals surface area (Å²) in [7, 11) is 1.82. The Labute approximate surface area is 125 Å². The van der Waals surface area contributed by atoms with Gasteiger partial charge in [-0.05, 0) is 40.9 Å². The van der Waals surface area contributed by atoms with Crippen LogP contribution in [0.25, 0.3) is 0 Å². The van der Waals surface area contributed by atoms with Gasteiger partial charge in [0.25, 0.3) is 0 Å². The van der Waals surface area contributed by atoms with E-state index < -0.39 is 0 Å². The molecule has 0 aliphatic heterocycles. The van der Waals surface area contributed by atoms with Crippen LogP contribution < -0.4 is 11.3 Å². The number of hydrazine groups is 1. The van der Waals surface area contributed by atoms with E-state index in [-0.39, 0.29) is 6.04 Å². The van der Waals surface area contributed by atoms with E-state index in [0.717, 1.165) is 21.3 Å². The van der Waals surface area contributed by atoms with E-state index in [1.807, 2.05) is 20.0 Å². The smallest absolute Gasteiger partial charge is 0.130 e. The molecule has 0 aliphatic rings. The number of aryl methyl sites for hydroxylation is 2. The van der Waals surface area contributed by atoms with Crippen molar-refractivity contribution in [3.8, 4) is 0 Å². The number of hydrogen-bond acceptors (Lipinski definition) is 4. The molecule has 19 heavy (non-hydrogen) atoms. The molecule has 0 fully saturated rings. The maximum absolute atomic E-state index is 6.24. The van der Waals surface area contributed by atoms with Gasteiger partial charge in [0.05, 0.1) is 11.7 Å². The molecule has 2 rings (SSSR count). The molecule has 2 heterocycles.